The maximum atomic E-state index is 13.3. The van der Waals surface area contributed by atoms with Crippen molar-refractivity contribution >= 4 is 0 Å². The molecule has 12 N–H and O–H groups in total. The Morgan fingerprint density at radius 1 is 0.714 bits per heavy atom. The molecule has 4 aliphatic carbocycles. The van der Waals surface area contributed by atoms with Crippen LogP contribution in [0.1, 0.15) is 66.7 Å². The fraction of sp³-hybridized carbons (Fsp3) is 0.955. The van der Waals surface area contributed by atoms with Gasteiger partial charge in [0, 0.05) is 20.1 Å². The molecule has 0 bridgehead atoms. The van der Waals surface area contributed by atoms with Gasteiger partial charge in [-0.2, -0.15) is 0 Å². The maximum Gasteiger partial charge on any atom is 0.187 e. The molecule has 7 aliphatic rings. The van der Waals surface area contributed by atoms with E-state index in [1.54, 1.807) is 6.92 Å². The first-order chi connectivity index (χ1) is 29.6. The molecule has 19 nitrogen and oxygen atoms in total. The second kappa shape index (κ2) is 18.5. The van der Waals surface area contributed by atoms with Crippen LogP contribution in [0.15, 0.2) is 12.2 Å². The Kier molecular flexibility index (Phi) is 14.6. The average Bonchev–Trinajstić information content (AvgIpc) is 3.69. The Hall–Kier alpha value is -1.02. The fourth-order valence-electron chi connectivity index (χ4n) is 14.0. The van der Waals surface area contributed by atoms with Gasteiger partial charge in [0.2, 0.25) is 0 Å². The van der Waals surface area contributed by atoms with Crippen LogP contribution in [0.4, 0.5) is 0 Å². The molecule has 3 aliphatic heterocycles. The summed E-state index contributed by atoms with van der Waals surface area (Å²) in [5, 5.41) is 138. The number of hydrogen-bond acceptors (Lipinski definition) is 19. The highest BCUT2D eigenvalue weighted by Gasteiger charge is 2.82. The Labute approximate surface area is 368 Å². The van der Waals surface area contributed by atoms with Crippen molar-refractivity contribution in [1.82, 2.24) is 0 Å². The normalized spacial score (nSPS) is 54.8. The van der Waals surface area contributed by atoms with E-state index in [-0.39, 0.29) is 56.7 Å². The standard InChI is InChI=1S/C44H74O19/c1-18(2)24(62-39-32(57-6)28(49)22(47)16-59-39)9-8-19(3)20-14-21(46)34-41(20,4)12-11-27-42(5)13-10-25(63-40-33(58-7)29(50)23(48)17-60-40)35(53)43(42,36(54)37(55)44(27,34)56)38-31(52)30(51)26(15-45)61-38/h8-9,18-40,45-56H,10-17H2,1-7H3/t19-,20-,21-,22-,23-,24+,25+,26+,27-,28+,29+,30+,31-,32-,33-,34-,35+,36+,37-,38-,39+,40+,41-,42-,43?,44?/m1/s1. The molecule has 364 valence electrons. The minimum atomic E-state index is -2.15. The van der Waals surface area contributed by atoms with E-state index in [4.69, 9.17) is 33.2 Å². The van der Waals surface area contributed by atoms with Crippen LogP contribution in [0.2, 0.25) is 0 Å². The predicted octanol–water partition coefficient (Wildman–Crippen LogP) is -2.70. The van der Waals surface area contributed by atoms with Crippen molar-refractivity contribution in [2.24, 2.45) is 45.8 Å². The lowest BCUT2D eigenvalue weighted by atomic mass is 9.35. The summed E-state index contributed by atoms with van der Waals surface area (Å²) in [5.41, 5.74) is -6.42. The van der Waals surface area contributed by atoms with E-state index < -0.39 is 151 Å². The minimum Gasteiger partial charge on any atom is -0.394 e. The molecule has 19 heteroatoms. The number of rotatable bonds is 12. The van der Waals surface area contributed by atoms with E-state index in [1.807, 2.05) is 39.8 Å². The number of aliphatic hydroxyl groups excluding tert-OH is 11. The quantitative estimate of drug-likeness (QED) is 0.0701. The molecule has 0 aromatic rings. The number of aliphatic hydroxyl groups is 12. The molecule has 3 saturated heterocycles. The zero-order chi connectivity index (χ0) is 46.3. The summed E-state index contributed by atoms with van der Waals surface area (Å²) < 4.78 is 41.0. The van der Waals surface area contributed by atoms with E-state index >= 15 is 0 Å². The topological polar surface area (TPSA) is 307 Å². The monoisotopic (exact) mass is 906 g/mol. The van der Waals surface area contributed by atoms with Gasteiger partial charge in [-0.25, -0.2) is 0 Å². The molecule has 0 aromatic carbocycles. The largest absolute Gasteiger partial charge is 0.394 e. The summed E-state index contributed by atoms with van der Waals surface area (Å²) in [5.74, 6) is -2.39. The van der Waals surface area contributed by atoms with Crippen LogP contribution in [0, 0.1) is 45.8 Å². The lowest BCUT2D eigenvalue weighted by Gasteiger charge is -2.73. The highest BCUT2D eigenvalue weighted by Crippen LogP contribution is 2.74. The number of methoxy groups -OCH3 is 2. The van der Waals surface area contributed by atoms with E-state index in [1.165, 1.54) is 14.2 Å². The summed E-state index contributed by atoms with van der Waals surface area (Å²) in [6.07, 6.45) is -19.5. The lowest BCUT2D eigenvalue weighted by molar-refractivity contribution is -0.386. The maximum absolute atomic E-state index is 13.3. The zero-order valence-corrected chi connectivity index (χ0v) is 37.3. The van der Waals surface area contributed by atoms with Crippen molar-refractivity contribution in [1.29, 1.82) is 0 Å². The average molecular weight is 907 g/mol. The Bertz CT molecular complexity index is 1590. The summed E-state index contributed by atoms with van der Waals surface area (Å²) >= 11 is 0. The van der Waals surface area contributed by atoms with E-state index in [0.29, 0.717) is 6.42 Å². The highest BCUT2D eigenvalue weighted by molar-refractivity contribution is 5.30. The van der Waals surface area contributed by atoms with Gasteiger partial charge in [-0.15, -0.1) is 0 Å². The Balaban J connectivity index is 1.20. The molecular weight excluding hydrogens is 832 g/mol. The van der Waals surface area contributed by atoms with Gasteiger partial charge in [0.1, 0.15) is 66.6 Å². The molecule has 7 rings (SSSR count). The lowest BCUT2D eigenvalue weighted by Crippen LogP contribution is -2.83. The van der Waals surface area contributed by atoms with Gasteiger partial charge < -0.3 is 94.4 Å². The number of fused-ring (bicyclic) bond motifs is 5. The van der Waals surface area contributed by atoms with Crippen molar-refractivity contribution in [3.8, 4) is 0 Å². The summed E-state index contributed by atoms with van der Waals surface area (Å²) in [6.45, 7) is 8.52. The number of hydrogen-bond donors (Lipinski definition) is 12. The summed E-state index contributed by atoms with van der Waals surface area (Å²) in [7, 11) is 2.69. The highest BCUT2D eigenvalue weighted by atomic mass is 16.7. The van der Waals surface area contributed by atoms with Crippen molar-refractivity contribution < 1.29 is 94.4 Å². The Morgan fingerprint density at radius 2 is 1.32 bits per heavy atom. The zero-order valence-electron chi connectivity index (χ0n) is 37.3. The molecule has 26 atom stereocenters. The molecule has 3 heterocycles. The molecule has 0 amide bonds. The van der Waals surface area contributed by atoms with Crippen LogP contribution in [0.5, 0.6) is 0 Å². The van der Waals surface area contributed by atoms with Crippen molar-refractivity contribution in [3.63, 3.8) is 0 Å². The first-order valence-electron chi connectivity index (χ1n) is 22.7. The van der Waals surface area contributed by atoms with Crippen LogP contribution < -0.4 is 0 Å². The molecule has 0 aromatic heterocycles. The predicted molar refractivity (Wildman–Crippen MR) is 217 cm³/mol. The third kappa shape index (κ3) is 7.61. The molecule has 0 radical (unpaired) electrons. The molecule has 7 fully saturated rings. The first-order valence-corrected chi connectivity index (χ1v) is 22.7. The molecule has 63 heavy (non-hydrogen) atoms. The van der Waals surface area contributed by atoms with Gasteiger partial charge in [0.25, 0.3) is 0 Å². The van der Waals surface area contributed by atoms with E-state index in [0.717, 1.165) is 0 Å². The van der Waals surface area contributed by atoms with E-state index in [2.05, 4.69) is 0 Å². The van der Waals surface area contributed by atoms with Crippen molar-refractivity contribution in [2.45, 2.75) is 183 Å². The van der Waals surface area contributed by atoms with Crippen LogP contribution in [-0.2, 0) is 33.2 Å². The summed E-state index contributed by atoms with van der Waals surface area (Å²) in [6, 6.07) is 0. The number of ether oxygens (including phenoxy) is 7. The molecular formula is C44H74O19. The van der Waals surface area contributed by atoms with Crippen LogP contribution in [0.25, 0.3) is 0 Å². The minimum absolute atomic E-state index is 0.0462. The fourth-order valence-corrected chi connectivity index (χ4v) is 14.0. The van der Waals surface area contributed by atoms with Crippen LogP contribution in [0.3, 0.4) is 0 Å². The van der Waals surface area contributed by atoms with Gasteiger partial charge in [0.15, 0.2) is 12.6 Å². The molecule has 0 spiro atoms. The van der Waals surface area contributed by atoms with Crippen molar-refractivity contribution in [2.75, 3.05) is 34.0 Å². The van der Waals surface area contributed by atoms with Gasteiger partial charge >= 0.3 is 0 Å². The van der Waals surface area contributed by atoms with Crippen LogP contribution >= 0.6 is 0 Å². The Morgan fingerprint density at radius 3 is 1.89 bits per heavy atom. The molecule has 4 saturated carbocycles. The molecule has 2 unspecified atom stereocenters. The second-order valence-corrected chi connectivity index (χ2v) is 20.5. The SMILES string of the molecule is CO[C@H]1[C@H](O[C@@H](C=C[C@@H](C)[C@H]2C[C@@H](O)[C@H]3C4(O)[C@H](O)[C@H](O)C5([C@@H]6O[C@@H](CO)[C@H](O)[C@H]6O)[C@@H](O)[C@@H](O[C@@H]6OC[C@@H](O)[C@H](O)[C@H]6OC)CC[C@]5(C)[C@H]4CC[C@]23C)C(C)C)OC[C@@H](O)[C@@H]1O. The van der Waals surface area contributed by atoms with Gasteiger partial charge in [-0.1, -0.05) is 46.8 Å². The third-order valence-electron chi connectivity index (χ3n) is 17.2. The van der Waals surface area contributed by atoms with Gasteiger partial charge in [-0.3, -0.25) is 0 Å². The van der Waals surface area contributed by atoms with Gasteiger partial charge in [-0.05, 0) is 66.6 Å². The third-order valence-corrected chi connectivity index (χ3v) is 17.2. The van der Waals surface area contributed by atoms with Crippen molar-refractivity contribution in [3.05, 3.63) is 12.2 Å². The first kappa shape index (κ1) is 49.9. The summed E-state index contributed by atoms with van der Waals surface area (Å²) in [4.78, 5) is 0. The second-order valence-electron chi connectivity index (χ2n) is 20.5. The van der Waals surface area contributed by atoms with Gasteiger partial charge in [0.05, 0.1) is 61.9 Å². The number of allylic oxidation sites excluding steroid dienone is 1. The van der Waals surface area contributed by atoms with Crippen LogP contribution in [-0.4, -0.2) is 211 Å². The smallest absolute Gasteiger partial charge is 0.187 e. The van der Waals surface area contributed by atoms with E-state index in [9.17, 15) is 61.3 Å².